The number of aromatic amines is 2. The highest BCUT2D eigenvalue weighted by atomic mass is 35.5. The molecule has 7 nitrogen and oxygen atoms in total. The number of aromatic nitrogens is 5. The molecule has 2 aromatic rings. The van der Waals surface area contributed by atoms with Crippen LogP contribution in [0.5, 0.6) is 0 Å². The molecule has 0 saturated carbocycles. The molecule has 2 aromatic heterocycles. The van der Waals surface area contributed by atoms with Gasteiger partial charge in [-0.1, -0.05) is 11.6 Å². The summed E-state index contributed by atoms with van der Waals surface area (Å²) in [7, 11) is 0. The van der Waals surface area contributed by atoms with E-state index in [1.54, 1.807) is 12.4 Å². The molecule has 0 amide bonds. The summed E-state index contributed by atoms with van der Waals surface area (Å²) in [6.07, 6.45) is 5.02. The Kier molecular flexibility index (Phi) is 3.20. The predicted molar refractivity (Wildman–Crippen MR) is 70.4 cm³/mol. The Morgan fingerprint density at radius 2 is 1.95 bits per heavy atom. The SMILES string of the molecule is O=c1[nH]nc(C2CCN(c3ncc(Cl)cn3)CC2)[nH]1. The number of hydrogen-bond acceptors (Lipinski definition) is 5. The van der Waals surface area contributed by atoms with E-state index in [1.807, 2.05) is 0 Å². The molecule has 1 fully saturated rings. The first-order valence-corrected chi connectivity index (χ1v) is 6.47. The Bertz CT molecular complexity index is 598. The smallest absolute Gasteiger partial charge is 0.340 e. The van der Waals surface area contributed by atoms with Crippen LogP contribution < -0.4 is 10.6 Å². The lowest BCUT2D eigenvalue weighted by Crippen LogP contribution is -2.34. The molecule has 0 radical (unpaired) electrons. The summed E-state index contributed by atoms with van der Waals surface area (Å²) in [6.45, 7) is 1.67. The van der Waals surface area contributed by atoms with Gasteiger partial charge in [-0.05, 0) is 12.8 Å². The van der Waals surface area contributed by atoms with Crippen molar-refractivity contribution in [1.29, 1.82) is 0 Å². The van der Waals surface area contributed by atoms with Crippen molar-refractivity contribution < 1.29 is 0 Å². The average molecular weight is 281 g/mol. The van der Waals surface area contributed by atoms with Crippen LogP contribution in [0.15, 0.2) is 17.2 Å². The number of piperidine rings is 1. The van der Waals surface area contributed by atoms with Crippen molar-refractivity contribution >= 4 is 17.5 Å². The minimum Gasteiger partial charge on any atom is -0.341 e. The zero-order valence-corrected chi connectivity index (χ0v) is 10.9. The van der Waals surface area contributed by atoms with Crippen LogP contribution in [-0.2, 0) is 0 Å². The summed E-state index contributed by atoms with van der Waals surface area (Å²) >= 11 is 5.77. The van der Waals surface area contributed by atoms with E-state index in [1.165, 1.54) is 0 Å². The molecule has 0 bridgehead atoms. The quantitative estimate of drug-likeness (QED) is 0.854. The highest BCUT2D eigenvalue weighted by Crippen LogP contribution is 2.26. The molecular weight excluding hydrogens is 268 g/mol. The molecule has 100 valence electrons. The second-order valence-electron chi connectivity index (χ2n) is 4.53. The first-order valence-electron chi connectivity index (χ1n) is 6.09. The van der Waals surface area contributed by atoms with Gasteiger partial charge < -0.3 is 4.90 Å². The lowest BCUT2D eigenvalue weighted by molar-refractivity contribution is 0.481. The highest BCUT2D eigenvalue weighted by Gasteiger charge is 2.24. The van der Waals surface area contributed by atoms with Crippen LogP contribution in [-0.4, -0.2) is 38.2 Å². The average Bonchev–Trinajstić information content (AvgIpc) is 2.87. The van der Waals surface area contributed by atoms with Gasteiger partial charge in [0.1, 0.15) is 5.82 Å². The van der Waals surface area contributed by atoms with Crippen LogP contribution in [0, 0.1) is 0 Å². The van der Waals surface area contributed by atoms with Crippen molar-refractivity contribution in [2.45, 2.75) is 18.8 Å². The second kappa shape index (κ2) is 5.00. The molecule has 0 spiro atoms. The van der Waals surface area contributed by atoms with E-state index in [-0.39, 0.29) is 11.6 Å². The van der Waals surface area contributed by atoms with E-state index >= 15 is 0 Å². The van der Waals surface area contributed by atoms with Crippen molar-refractivity contribution in [1.82, 2.24) is 25.1 Å². The molecule has 8 heteroatoms. The minimum absolute atomic E-state index is 0.251. The van der Waals surface area contributed by atoms with E-state index in [2.05, 4.69) is 30.0 Å². The summed E-state index contributed by atoms with van der Waals surface area (Å²) in [5, 5.41) is 6.92. The number of halogens is 1. The van der Waals surface area contributed by atoms with Crippen molar-refractivity contribution in [3.05, 3.63) is 33.7 Å². The van der Waals surface area contributed by atoms with E-state index in [0.717, 1.165) is 31.8 Å². The Hall–Kier alpha value is -1.89. The van der Waals surface area contributed by atoms with Gasteiger partial charge in [0.2, 0.25) is 5.95 Å². The Labute approximate surface area is 114 Å². The maximum absolute atomic E-state index is 11.0. The normalized spacial score (nSPS) is 16.8. The first kappa shape index (κ1) is 12.2. The van der Waals surface area contributed by atoms with Gasteiger partial charge in [0, 0.05) is 19.0 Å². The second-order valence-corrected chi connectivity index (χ2v) is 4.96. The summed E-state index contributed by atoms with van der Waals surface area (Å²) < 4.78 is 0. The van der Waals surface area contributed by atoms with Gasteiger partial charge in [0.15, 0.2) is 0 Å². The van der Waals surface area contributed by atoms with Gasteiger partial charge in [-0.25, -0.2) is 19.9 Å². The highest BCUT2D eigenvalue weighted by molar-refractivity contribution is 6.30. The maximum atomic E-state index is 11.0. The van der Waals surface area contributed by atoms with Crippen molar-refractivity contribution in [2.24, 2.45) is 0 Å². The van der Waals surface area contributed by atoms with Crippen LogP contribution in [0.1, 0.15) is 24.6 Å². The van der Waals surface area contributed by atoms with Crippen LogP contribution >= 0.6 is 11.6 Å². The summed E-state index contributed by atoms with van der Waals surface area (Å²) in [5.41, 5.74) is -0.251. The fraction of sp³-hybridized carbons (Fsp3) is 0.455. The van der Waals surface area contributed by atoms with Gasteiger partial charge in [0.05, 0.1) is 17.4 Å². The van der Waals surface area contributed by atoms with Crippen LogP contribution in [0.2, 0.25) is 5.02 Å². The van der Waals surface area contributed by atoms with Gasteiger partial charge in [-0.15, -0.1) is 0 Å². The number of hydrogen-bond donors (Lipinski definition) is 2. The van der Waals surface area contributed by atoms with Gasteiger partial charge >= 0.3 is 5.69 Å². The van der Waals surface area contributed by atoms with E-state index in [0.29, 0.717) is 11.0 Å². The third kappa shape index (κ3) is 2.60. The topological polar surface area (TPSA) is 90.6 Å². The Morgan fingerprint density at radius 1 is 1.26 bits per heavy atom. The van der Waals surface area contributed by atoms with Gasteiger partial charge in [0.25, 0.3) is 0 Å². The van der Waals surface area contributed by atoms with E-state index in [4.69, 9.17) is 11.6 Å². The van der Waals surface area contributed by atoms with Crippen LogP contribution in [0.25, 0.3) is 0 Å². The van der Waals surface area contributed by atoms with Crippen molar-refractivity contribution in [3.63, 3.8) is 0 Å². The molecule has 2 N–H and O–H groups in total. The van der Waals surface area contributed by atoms with Crippen molar-refractivity contribution in [2.75, 3.05) is 18.0 Å². The molecule has 0 unspecified atom stereocenters. The van der Waals surface area contributed by atoms with Crippen molar-refractivity contribution in [3.8, 4) is 0 Å². The lowest BCUT2D eigenvalue weighted by atomic mass is 9.96. The molecule has 0 atom stereocenters. The monoisotopic (exact) mass is 280 g/mol. The van der Waals surface area contributed by atoms with E-state index < -0.39 is 0 Å². The molecule has 1 saturated heterocycles. The fourth-order valence-corrected chi connectivity index (χ4v) is 2.40. The fourth-order valence-electron chi connectivity index (χ4n) is 2.30. The Balaban J connectivity index is 1.66. The molecule has 3 rings (SSSR count). The van der Waals surface area contributed by atoms with E-state index in [9.17, 15) is 4.79 Å². The first-order chi connectivity index (χ1) is 9.22. The standard InChI is InChI=1S/C11H13ClN6O/c12-8-5-13-10(14-6-8)18-3-1-7(2-4-18)9-15-11(19)17-16-9/h5-7H,1-4H2,(H2,15,16,17,19). The van der Waals surface area contributed by atoms with Crippen LogP contribution in [0.3, 0.4) is 0 Å². The zero-order chi connectivity index (χ0) is 13.2. The summed E-state index contributed by atoms with van der Waals surface area (Å²) in [4.78, 5) is 24.3. The molecule has 1 aliphatic rings. The minimum atomic E-state index is -0.251. The lowest BCUT2D eigenvalue weighted by Gasteiger charge is -2.30. The number of anilines is 1. The van der Waals surface area contributed by atoms with Crippen LogP contribution in [0.4, 0.5) is 5.95 Å². The molecule has 0 aliphatic carbocycles. The third-order valence-corrected chi connectivity index (χ3v) is 3.49. The molecule has 0 aromatic carbocycles. The summed E-state index contributed by atoms with van der Waals surface area (Å²) in [5.74, 6) is 1.71. The Morgan fingerprint density at radius 3 is 2.53 bits per heavy atom. The number of nitrogens with one attached hydrogen (secondary N) is 2. The predicted octanol–water partition coefficient (Wildman–Crippen LogP) is 0.925. The molecular formula is C11H13ClN6O. The zero-order valence-electron chi connectivity index (χ0n) is 10.1. The molecule has 19 heavy (non-hydrogen) atoms. The largest absolute Gasteiger partial charge is 0.341 e. The van der Waals surface area contributed by atoms with Gasteiger partial charge in [-0.3, -0.25) is 4.98 Å². The number of nitrogens with zero attached hydrogens (tertiary/aromatic N) is 4. The maximum Gasteiger partial charge on any atom is 0.340 e. The number of H-pyrrole nitrogens is 2. The number of rotatable bonds is 2. The third-order valence-electron chi connectivity index (χ3n) is 3.29. The summed E-state index contributed by atoms with van der Waals surface area (Å²) in [6, 6.07) is 0. The molecule has 1 aliphatic heterocycles. The molecule has 3 heterocycles. The van der Waals surface area contributed by atoms with Gasteiger partial charge in [-0.2, -0.15) is 5.10 Å².